The van der Waals surface area contributed by atoms with Gasteiger partial charge in [0.2, 0.25) is 0 Å². The van der Waals surface area contributed by atoms with Gasteiger partial charge in [0.15, 0.2) is 16.1 Å². The third-order valence-corrected chi connectivity index (χ3v) is 6.79. The summed E-state index contributed by atoms with van der Waals surface area (Å²) in [4.78, 5) is 0.313. The van der Waals surface area contributed by atoms with E-state index in [1.165, 1.54) is 14.2 Å². The maximum Gasteiger partial charge on any atom is 0.189 e. The van der Waals surface area contributed by atoms with Crippen LogP contribution in [0, 0.1) is 6.92 Å². The second-order valence-corrected chi connectivity index (χ2v) is 7.60. The van der Waals surface area contributed by atoms with Crippen LogP contribution in [0.5, 0.6) is 0 Å². The Balaban J connectivity index is 2.02. The Morgan fingerprint density at radius 3 is 2.40 bits per heavy atom. The number of fused-ring (bicyclic) bond motifs is 1. The molecule has 0 amide bonds. The molecule has 0 N–H and O–H groups in total. The highest BCUT2D eigenvalue weighted by Crippen LogP contribution is 2.58. The molecule has 1 saturated carbocycles. The largest absolute Gasteiger partial charge is 0.374 e. The van der Waals surface area contributed by atoms with Crippen molar-refractivity contribution < 1.29 is 22.6 Å². The Morgan fingerprint density at radius 1 is 1.20 bits per heavy atom. The minimum atomic E-state index is -3.52. The third-order valence-electron chi connectivity index (χ3n) is 4.23. The fourth-order valence-electron chi connectivity index (χ4n) is 3.02. The fourth-order valence-corrected chi connectivity index (χ4v) is 5.24. The van der Waals surface area contributed by atoms with Crippen LogP contribution < -0.4 is 0 Å². The molecule has 0 radical (unpaired) electrons. The summed E-state index contributed by atoms with van der Waals surface area (Å²) in [5.41, 5.74) is 1.02. The molecule has 0 spiro atoms. The van der Waals surface area contributed by atoms with Crippen LogP contribution in [0.4, 0.5) is 0 Å². The molecule has 3 rings (SSSR count). The predicted molar refractivity (Wildman–Crippen MR) is 72.2 cm³/mol. The molecule has 0 aromatic heterocycles. The van der Waals surface area contributed by atoms with Gasteiger partial charge in [-0.25, -0.2) is 8.42 Å². The average Bonchev–Trinajstić information content (AvgIpc) is 3.07. The van der Waals surface area contributed by atoms with E-state index in [4.69, 9.17) is 14.2 Å². The van der Waals surface area contributed by atoms with Crippen molar-refractivity contribution in [2.45, 2.75) is 41.5 Å². The molecule has 5 nitrogen and oxygen atoms in total. The van der Waals surface area contributed by atoms with E-state index in [2.05, 4.69) is 0 Å². The second kappa shape index (κ2) is 4.53. The van der Waals surface area contributed by atoms with E-state index in [0.717, 1.165) is 5.56 Å². The van der Waals surface area contributed by atoms with Crippen LogP contribution in [-0.4, -0.2) is 45.9 Å². The van der Waals surface area contributed by atoms with E-state index in [9.17, 15) is 8.42 Å². The molecule has 2 fully saturated rings. The van der Waals surface area contributed by atoms with Crippen molar-refractivity contribution in [3.63, 3.8) is 0 Å². The smallest absolute Gasteiger partial charge is 0.189 e. The summed E-state index contributed by atoms with van der Waals surface area (Å²) in [5, 5.41) is 0. The minimum Gasteiger partial charge on any atom is -0.374 e. The highest BCUT2D eigenvalue weighted by atomic mass is 32.2. The molecule has 1 aliphatic carbocycles. The topological polar surface area (TPSA) is 61.8 Å². The molecular formula is C14H18O5S. The summed E-state index contributed by atoms with van der Waals surface area (Å²) in [7, 11) is -0.528. The molecule has 2 aliphatic rings. The van der Waals surface area contributed by atoms with Crippen LogP contribution >= 0.6 is 0 Å². The van der Waals surface area contributed by atoms with E-state index in [0.29, 0.717) is 11.3 Å². The lowest BCUT2D eigenvalue weighted by molar-refractivity contribution is -0.160. The zero-order chi connectivity index (χ0) is 14.5. The Bertz CT molecular complexity index is 609. The van der Waals surface area contributed by atoms with E-state index >= 15 is 0 Å². The van der Waals surface area contributed by atoms with Gasteiger partial charge in [0.25, 0.3) is 0 Å². The van der Waals surface area contributed by atoms with Crippen LogP contribution in [0.3, 0.4) is 0 Å². The van der Waals surface area contributed by atoms with Gasteiger partial charge in [-0.05, 0) is 19.1 Å². The van der Waals surface area contributed by atoms with Crippen LogP contribution in [0.15, 0.2) is 29.2 Å². The van der Waals surface area contributed by atoms with E-state index in [1.54, 1.807) is 24.3 Å². The lowest BCUT2D eigenvalue weighted by atomic mass is 10.2. The fraction of sp³-hybridized carbons (Fsp3) is 0.571. The predicted octanol–water partition coefficient (Wildman–Crippen LogP) is 1.30. The number of methoxy groups -OCH3 is 2. The first-order valence-corrected chi connectivity index (χ1v) is 7.98. The van der Waals surface area contributed by atoms with Crippen LogP contribution in [-0.2, 0) is 24.0 Å². The SMILES string of the molecule is CO[C@@H]1O[C@@H]2C[C@]2(S(=O)(=O)c2ccc(C)cc2)[C@@H]1OC. The first-order chi connectivity index (χ1) is 9.47. The zero-order valence-electron chi connectivity index (χ0n) is 11.7. The minimum absolute atomic E-state index is 0.313. The van der Waals surface area contributed by atoms with Crippen molar-refractivity contribution in [2.75, 3.05) is 14.2 Å². The molecule has 1 heterocycles. The van der Waals surface area contributed by atoms with Crippen LogP contribution in [0.2, 0.25) is 0 Å². The number of aryl methyl sites for hydroxylation is 1. The van der Waals surface area contributed by atoms with Gasteiger partial charge in [0.1, 0.15) is 10.9 Å². The quantitative estimate of drug-likeness (QED) is 0.838. The van der Waals surface area contributed by atoms with Crippen molar-refractivity contribution >= 4 is 9.84 Å². The van der Waals surface area contributed by atoms with Crippen molar-refractivity contribution in [2.24, 2.45) is 0 Å². The maximum atomic E-state index is 12.9. The van der Waals surface area contributed by atoms with Gasteiger partial charge in [0.05, 0.1) is 11.0 Å². The number of hydrogen-bond acceptors (Lipinski definition) is 5. The molecular weight excluding hydrogens is 280 g/mol. The third kappa shape index (κ3) is 1.69. The van der Waals surface area contributed by atoms with E-state index in [1.807, 2.05) is 6.92 Å². The molecule has 6 heteroatoms. The lowest BCUT2D eigenvalue weighted by Gasteiger charge is -2.25. The summed E-state index contributed by atoms with van der Waals surface area (Å²) in [6.45, 7) is 1.92. The first-order valence-electron chi connectivity index (χ1n) is 6.49. The first kappa shape index (κ1) is 14.0. The van der Waals surface area contributed by atoms with Crippen LogP contribution in [0.1, 0.15) is 12.0 Å². The number of sulfone groups is 1. The molecule has 4 atom stereocenters. The summed E-state index contributed by atoms with van der Waals surface area (Å²) >= 11 is 0. The molecule has 1 aliphatic heterocycles. The van der Waals surface area contributed by atoms with Crippen molar-refractivity contribution in [1.82, 2.24) is 0 Å². The van der Waals surface area contributed by atoms with Crippen LogP contribution in [0.25, 0.3) is 0 Å². The molecule has 110 valence electrons. The highest BCUT2D eigenvalue weighted by Gasteiger charge is 2.76. The normalized spacial score (nSPS) is 35.9. The van der Waals surface area contributed by atoms with E-state index in [-0.39, 0.29) is 6.10 Å². The average molecular weight is 298 g/mol. The van der Waals surface area contributed by atoms with Gasteiger partial charge >= 0.3 is 0 Å². The van der Waals surface area contributed by atoms with Gasteiger partial charge in [0, 0.05) is 20.6 Å². The second-order valence-electron chi connectivity index (χ2n) is 5.36. The number of hydrogen-bond donors (Lipinski definition) is 0. The standard InChI is InChI=1S/C14H18O5S/c1-9-4-6-10(7-5-9)20(15,16)14-8-11(14)19-13(18-3)12(14)17-2/h4-7,11-13H,8H2,1-3H3/t11-,12-,13-,14-/m1/s1. The Kier molecular flexibility index (Phi) is 3.17. The summed E-state index contributed by atoms with van der Waals surface area (Å²) < 4.78 is 41.0. The Hall–Kier alpha value is -0.950. The molecule has 1 saturated heterocycles. The highest BCUT2D eigenvalue weighted by molar-refractivity contribution is 7.93. The Labute approximate surface area is 118 Å². The summed E-state index contributed by atoms with van der Waals surface area (Å²) in [6, 6.07) is 6.88. The molecule has 0 bridgehead atoms. The molecule has 0 unspecified atom stereocenters. The van der Waals surface area contributed by atoms with Gasteiger partial charge in [-0.2, -0.15) is 0 Å². The molecule has 1 aromatic rings. The summed E-state index contributed by atoms with van der Waals surface area (Å²) in [5.74, 6) is 0. The van der Waals surface area contributed by atoms with Gasteiger partial charge < -0.3 is 14.2 Å². The van der Waals surface area contributed by atoms with E-state index < -0.39 is 27.0 Å². The monoisotopic (exact) mass is 298 g/mol. The van der Waals surface area contributed by atoms with Gasteiger partial charge in [-0.1, -0.05) is 17.7 Å². The van der Waals surface area contributed by atoms with Crippen molar-refractivity contribution in [3.8, 4) is 0 Å². The Morgan fingerprint density at radius 2 is 1.85 bits per heavy atom. The molecule has 1 aromatic carbocycles. The zero-order valence-corrected chi connectivity index (χ0v) is 12.5. The number of benzene rings is 1. The van der Waals surface area contributed by atoms with Crippen molar-refractivity contribution in [1.29, 1.82) is 0 Å². The van der Waals surface area contributed by atoms with Gasteiger partial charge in [-0.15, -0.1) is 0 Å². The summed E-state index contributed by atoms with van der Waals surface area (Å²) in [6.07, 6.45) is -1.10. The van der Waals surface area contributed by atoms with Crippen molar-refractivity contribution in [3.05, 3.63) is 29.8 Å². The maximum absolute atomic E-state index is 12.9. The van der Waals surface area contributed by atoms with Gasteiger partial charge in [-0.3, -0.25) is 0 Å². The lowest BCUT2D eigenvalue weighted by Crippen LogP contribution is -2.43. The molecule has 20 heavy (non-hydrogen) atoms. The number of ether oxygens (including phenoxy) is 3. The number of rotatable bonds is 4.